The van der Waals surface area contributed by atoms with E-state index in [1.165, 1.54) is 72.3 Å². The predicted molar refractivity (Wildman–Crippen MR) is 327 cm³/mol. The minimum Gasteiger partial charge on any atom is -0.344 e. The van der Waals surface area contributed by atoms with Crippen molar-refractivity contribution in [3.8, 4) is 5.82 Å². The molecule has 3 heterocycles. The Hall–Kier alpha value is -7.11. The molecule has 390 valence electrons. The van der Waals surface area contributed by atoms with Crippen molar-refractivity contribution in [3.05, 3.63) is 214 Å². The van der Waals surface area contributed by atoms with Crippen molar-refractivity contribution < 1.29 is 0 Å². The molecule has 0 saturated heterocycles. The summed E-state index contributed by atoms with van der Waals surface area (Å²) < 4.78 is 2.40. The van der Waals surface area contributed by atoms with Gasteiger partial charge in [0.05, 0.1) is 22.4 Å². The fourth-order valence-corrected chi connectivity index (χ4v) is 11.1. The summed E-state index contributed by atoms with van der Waals surface area (Å²) in [5, 5.41) is 2.41. The number of nitrogens with zero attached hydrogens (tertiary/aromatic N) is 5. The molecule has 0 N–H and O–H groups in total. The van der Waals surface area contributed by atoms with Crippen LogP contribution in [0.5, 0.6) is 0 Å². The first-order valence-corrected chi connectivity index (χ1v) is 27.5. The van der Waals surface area contributed by atoms with Crippen molar-refractivity contribution in [2.45, 2.75) is 143 Å². The first-order chi connectivity index (χ1) is 35.6. The molecule has 5 heteroatoms. The molecule has 10 rings (SSSR count). The molecule has 0 unspecified atom stereocenters. The monoisotopic (exact) mass is 1000 g/mol. The summed E-state index contributed by atoms with van der Waals surface area (Å²) >= 11 is 0. The number of hydrogen-bond donors (Lipinski definition) is 0. The van der Waals surface area contributed by atoms with Crippen LogP contribution < -0.4 is 14.7 Å². The van der Waals surface area contributed by atoms with Gasteiger partial charge in [0, 0.05) is 57.6 Å². The quantitative estimate of drug-likeness (QED) is 0.144. The van der Waals surface area contributed by atoms with Gasteiger partial charge in [0.25, 0.3) is 0 Å². The van der Waals surface area contributed by atoms with E-state index >= 15 is 0 Å². The van der Waals surface area contributed by atoms with Gasteiger partial charge >= 0.3 is 0 Å². The molecule has 7 aromatic carbocycles. The van der Waals surface area contributed by atoms with Crippen LogP contribution in [0, 0.1) is 0 Å². The number of rotatable bonds is 9. The molecule has 1 aliphatic rings. The van der Waals surface area contributed by atoms with Gasteiger partial charge in [-0.2, -0.15) is 0 Å². The number of benzene rings is 7. The van der Waals surface area contributed by atoms with Crippen molar-refractivity contribution in [1.29, 1.82) is 0 Å². The number of aromatic nitrogens is 2. The third-order valence-corrected chi connectivity index (χ3v) is 16.7. The van der Waals surface area contributed by atoms with Crippen molar-refractivity contribution in [2.75, 3.05) is 28.4 Å². The molecule has 5 nitrogen and oxygen atoms in total. The zero-order valence-corrected chi connectivity index (χ0v) is 48.6. The molecule has 1 aliphatic heterocycles. The van der Waals surface area contributed by atoms with Gasteiger partial charge in [0.1, 0.15) is 12.5 Å². The molecule has 0 spiro atoms. The van der Waals surface area contributed by atoms with Crippen molar-refractivity contribution >= 4 is 55.9 Å². The Morgan fingerprint density at radius 2 is 0.882 bits per heavy atom. The van der Waals surface area contributed by atoms with Crippen LogP contribution in [0.15, 0.2) is 170 Å². The normalized spacial score (nSPS) is 13.8. The third kappa shape index (κ3) is 9.60. The van der Waals surface area contributed by atoms with Crippen LogP contribution in [0.1, 0.15) is 155 Å². The zero-order valence-electron chi connectivity index (χ0n) is 48.6. The lowest BCUT2D eigenvalue weighted by molar-refractivity contribution is 0.557. The fraction of sp³-hybridized carbons (Fsp3) is 0.338. The average Bonchev–Trinajstić information content (AvgIpc) is 3.94. The Bertz CT molecular complexity index is 3570. The second-order valence-electron chi connectivity index (χ2n) is 26.9. The van der Waals surface area contributed by atoms with E-state index in [1.807, 2.05) is 6.20 Å². The van der Waals surface area contributed by atoms with Gasteiger partial charge < -0.3 is 14.7 Å². The van der Waals surface area contributed by atoms with Gasteiger partial charge in [0.2, 0.25) is 0 Å². The summed E-state index contributed by atoms with van der Waals surface area (Å²) in [5.74, 6) is 0.908. The molecule has 0 amide bonds. The number of anilines is 6. The summed E-state index contributed by atoms with van der Waals surface area (Å²) in [4.78, 5) is 12.5. The van der Waals surface area contributed by atoms with Crippen LogP contribution in [-0.4, -0.2) is 23.3 Å². The van der Waals surface area contributed by atoms with E-state index in [9.17, 15) is 0 Å². The number of fused-ring (bicyclic) bond motifs is 4. The fourth-order valence-electron chi connectivity index (χ4n) is 11.1. The van der Waals surface area contributed by atoms with Crippen molar-refractivity contribution in [3.63, 3.8) is 0 Å². The van der Waals surface area contributed by atoms with Gasteiger partial charge in [0.15, 0.2) is 0 Å². The van der Waals surface area contributed by atoms with E-state index < -0.39 is 0 Å². The molecule has 76 heavy (non-hydrogen) atoms. The predicted octanol–water partition coefficient (Wildman–Crippen LogP) is 19.0. The molecule has 0 bridgehead atoms. The van der Waals surface area contributed by atoms with Crippen LogP contribution in [0.3, 0.4) is 0 Å². The maximum atomic E-state index is 5.23. The zero-order chi connectivity index (χ0) is 54.5. The summed E-state index contributed by atoms with van der Waals surface area (Å²) in [5.41, 5.74) is 19.3. The number of pyridine rings is 1. The lowest BCUT2D eigenvalue weighted by Gasteiger charge is -2.32. The molecule has 9 aromatic rings. The largest absolute Gasteiger partial charge is 0.344 e. The Morgan fingerprint density at radius 3 is 1.47 bits per heavy atom. The van der Waals surface area contributed by atoms with Crippen LogP contribution in [0.25, 0.3) is 27.6 Å². The van der Waals surface area contributed by atoms with Crippen LogP contribution in [-0.2, 0) is 32.5 Å². The third-order valence-electron chi connectivity index (χ3n) is 16.7. The summed E-state index contributed by atoms with van der Waals surface area (Å²) in [6.45, 7) is 38.0. The highest BCUT2D eigenvalue weighted by Gasteiger charge is 2.33. The van der Waals surface area contributed by atoms with Gasteiger partial charge in [-0.15, -0.1) is 0 Å². The number of hydrogen-bond acceptors (Lipinski definition) is 4. The topological polar surface area (TPSA) is 27.5 Å². The maximum Gasteiger partial charge on any atom is 0.137 e. The van der Waals surface area contributed by atoms with Crippen molar-refractivity contribution in [1.82, 2.24) is 9.55 Å². The summed E-state index contributed by atoms with van der Waals surface area (Å²) in [6, 6.07) is 61.9. The van der Waals surface area contributed by atoms with Crippen LogP contribution in [0.4, 0.5) is 34.1 Å². The molecule has 2 aromatic heterocycles. The molecule has 0 fully saturated rings. The average molecular weight is 1000 g/mol. The van der Waals surface area contributed by atoms with Crippen molar-refractivity contribution in [2.24, 2.45) is 0 Å². The molecule has 0 aliphatic carbocycles. The minimum atomic E-state index is -0.306. The Kier molecular flexibility index (Phi) is 12.8. The lowest BCUT2D eigenvalue weighted by atomic mass is 9.72. The van der Waals surface area contributed by atoms with Gasteiger partial charge in [-0.1, -0.05) is 196 Å². The van der Waals surface area contributed by atoms with E-state index in [2.05, 4.69) is 301 Å². The molecule has 0 radical (unpaired) electrons. The number of para-hydroxylation sites is 2. The van der Waals surface area contributed by atoms with E-state index in [0.29, 0.717) is 6.67 Å². The first kappa shape index (κ1) is 52.3. The highest BCUT2D eigenvalue weighted by Crippen LogP contribution is 2.48. The molecule has 0 atom stereocenters. The molecular formula is C71H81N5. The smallest absolute Gasteiger partial charge is 0.137 e. The summed E-state index contributed by atoms with van der Waals surface area (Å²) in [7, 11) is 2.20. The van der Waals surface area contributed by atoms with E-state index in [1.54, 1.807) is 0 Å². The van der Waals surface area contributed by atoms with Gasteiger partial charge in [-0.3, -0.25) is 4.57 Å². The van der Waals surface area contributed by atoms with Crippen LogP contribution in [0.2, 0.25) is 0 Å². The van der Waals surface area contributed by atoms with Gasteiger partial charge in [-0.25, -0.2) is 4.98 Å². The standard InChI is InChI=1S/C71H81N5/c1-66(2,3)50-36-51(67(4,5)6)39-54(38-50)71(15,16)49-34-35-72-65(43-49)76-61-33-30-48(70(13,14)47-24-19-18-20-25-47)42-60(61)59-32-31-56(45-64(59)76)73(17)55-26-23-27-57(44-55)74-46-75(63-29-22-21-28-62(63)74)58-40-52(68(7,8)9)37-53(41-58)69(10,11)12/h18-45H,46H2,1-17H3. The highest BCUT2D eigenvalue weighted by atomic mass is 15.4. The first-order valence-electron chi connectivity index (χ1n) is 27.5. The second-order valence-corrected chi connectivity index (χ2v) is 26.9. The van der Waals surface area contributed by atoms with Gasteiger partial charge in [-0.05, 0) is 145 Å². The Labute approximate surface area is 455 Å². The lowest BCUT2D eigenvalue weighted by Crippen LogP contribution is -2.25. The highest BCUT2D eigenvalue weighted by molar-refractivity contribution is 6.10. The second kappa shape index (κ2) is 18.6. The van der Waals surface area contributed by atoms with E-state index in [-0.39, 0.29) is 32.5 Å². The van der Waals surface area contributed by atoms with E-state index in [0.717, 1.165) is 33.9 Å². The Balaban J connectivity index is 1.08. The SMILES string of the molecule is CN(c1cccc(N2CN(c3cc(C(C)(C)C)cc(C(C)(C)C)c3)c3ccccc32)c1)c1ccc2c3cc(C(C)(C)c4ccccc4)ccc3n(-c3cc(C(C)(C)c4cc(C(C)(C)C)cc(C(C)(C)C)c4)ccn3)c2c1. The van der Waals surface area contributed by atoms with E-state index in [4.69, 9.17) is 4.98 Å². The maximum absolute atomic E-state index is 5.23. The van der Waals surface area contributed by atoms with Crippen LogP contribution >= 0.6 is 0 Å². The molecular weight excluding hydrogens is 923 g/mol. The molecule has 0 saturated carbocycles. The minimum absolute atomic E-state index is 0.00920. The summed E-state index contributed by atoms with van der Waals surface area (Å²) in [6.07, 6.45) is 2.01. The Morgan fingerprint density at radius 1 is 0.368 bits per heavy atom.